The topological polar surface area (TPSA) is 69.6 Å². The van der Waals surface area contributed by atoms with Crippen molar-refractivity contribution < 1.29 is 9.90 Å². The van der Waals surface area contributed by atoms with E-state index < -0.39 is 6.10 Å². The highest BCUT2D eigenvalue weighted by Crippen LogP contribution is 2.43. The largest absolute Gasteiger partial charge is 0.391 e. The molecule has 0 radical (unpaired) electrons. The number of allylic oxidation sites excluding steroid dienone is 1. The van der Waals surface area contributed by atoms with Gasteiger partial charge >= 0.3 is 0 Å². The van der Waals surface area contributed by atoms with Crippen LogP contribution in [0.15, 0.2) is 29.5 Å². The fourth-order valence-corrected chi connectivity index (χ4v) is 5.88. The van der Waals surface area contributed by atoms with Crippen molar-refractivity contribution in [3.63, 3.8) is 0 Å². The zero-order valence-electron chi connectivity index (χ0n) is 18.7. The lowest BCUT2D eigenvalue weighted by Gasteiger charge is -2.49. The zero-order chi connectivity index (χ0) is 21.4. The molecule has 0 aromatic carbocycles. The molecule has 2 fully saturated rings. The van der Waals surface area contributed by atoms with Gasteiger partial charge in [-0.1, -0.05) is 25.0 Å². The second-order valence-corrected chi connectivity index (χ2v) is 10.4. The van der Waals surface area contributed by atoms with Crippen LogP contribution in [0.1, 0.15) is 69.8 Å². The molecule has 0 bridgehead atoms. The van der Waals surface area contributed by atoms with Crippen molar-refractivity contribution in [1.82, 2.24) is 20.0 Å². The second-order valence-electron chi connectivity index (χ2n) is 10.4. The van der Waals surface area contributed by atoms with Gasteiger partial charge in [0.1, 0.15) is 0 Å². The predicted molar refractivity (Wildman–Crippen MR) is 117 cm³/mol. The van der Waals surface area contributed by atoms with Gasteiger partial charge in [0.2, 0.25) is 0 Å². The van der Waals surface area contributed by atoms with E-state index >= 15 is 0 Å². The first-order valence-corrected chi connectivity index (χ1v) is 11.4. The van der Waals surface area contributed by atoms with Crippen molar-refractivity contribution in [3.8, 4) is 0 Å². The van der Waals surface area contributed by atoms with Gasteiger partial charge in [-0.15, -0.1) is 5.10 Å². The van der Waals surface area contributed by atoms with E-state index in [9.17, 15) is 9.90 Å². The molecule has 164 valence electrons. The lowest BCUT2D eigenvalue weighted by Crippen LogP contribution is -2.55. The van der Waals surface area contributed by atoms with Crippen LogP contribution in [0.25, 0.3) is 0 Å². The molecule has 6 heteroatoms. The fraction of sp³-hybridized carbons (Fsp3) is 0.708. The van der Waals surface area contributed by atoms with Gasteiger partial charge < -0.3 is 10.0 Å². The van der Waals surface area contributed by atoms with E-state index in [1.54, 1.807) is 34.4 Å². The first-order valence-electron chi connectivity index (χ1n) is 11.4. The lowest BCUT2D eigenvalue weighted by atomic mass is 9.70. The number of piperidine rings is 2. The number of β-amino-alcohol motifs (C(OH)–C–C–N with tert-alkyl or cyclic N) is 1. The van der Waals surface area contributed by atoms with Crippen LogP contribution >= 0.6 is 0 Å². The summed E-state index contributed by atoms with van der Waals surface area (Å²) in [4.78, 5) is 17.3. The van der Waals surface area contributed by atoms with E-state index in [4.69, 9.17) is 0 Å². The number of hydrogen-bond acceptors (Lipinski definition) is 5. The summed E-state index contributed by atoms with van der Waals surface area (Å²) < 4.78 is 0. The number of carbonyl (C=O) groups excluding carboxylic acids is 1. The summed E-state index contributed by atoms with van der Waals surface area (Å²) in [7, 11) is 0. The third-order valence-electron chi connectivity index (χ3n) is 7.69. The molecule has 2 saturated heterocycles. The minimum atomic E-state index is -0.465. The Morgan fingerprint density at radius 3 is 2.70 bits per heavy atom. The Bertz CT molecular complexity index is 797. The molecule has 1 spiro atoms. The number of likely N-dealkylation sites (tertiary alicyclic amines) is 2. The standard InChI is InChI=1S/C24H36N4O2/c1-18-6-4-8-23(2,3)20(18)16-27-12-9-24(10-13-27)14-19(29)15-28(17-24)22(30)21-7-5-11-25-26-21/h5,7,11,19,29H,4,6,8-10,12-17H2,1-3H3. The second kappa shape index (κ2) is 8.39. The van der Waals surface area contributed by atoms with Gasteiger partial charge in [-0.3, -0.25) is 9.69 Å². The number of hydrogen-bond donors (Lipinski definition) is 1. The van der Waals surface area contributed by atoms with Gasteiger partial charge in [-0.05, 0) is 81.5 Å². The number of rotatable bonds is 3. The molecular formula is C24H36N4O2. The summed E-state index contributed by atoms with van der Waals surface area (Å²) in [5.41, 5.74) is 3.89. The molecule has 1 atom stereocenters. The van der Waals surface area contributed by atoms with Crippen molar-refractivity contribution >= 4 is 5.91 Å². The third-order valence-corrected chi connectivity index (χ3v) is 7.69. The Kier molecular flexibility index (Phi) is 5.99. The van der Waals surface area contributed by atoms with Gasteiger partial charge in [0.05, 0.1) is 6.10 Å². The van der Waals surface area contributed by atoms with Crippen LogP contribution in [-0.4, -0.2) is 69.8 Å². The summed E-state index contributed by atoms with van der Waals surface area (Å²) in [5, 5.41) is 18.4. The molecule has 1 amide bonds. The minimum absolute atomic E-state index is 0.0115. The molecule has 4 rings (SSSR count). The number of nitrogens with zero attached hydrogens (tertiary/aromatic N) is 4. The molecule has 0 saturated carbocycles. The Balaban J connectivity index is 1.41. The summed E-state index contributed by atoms with van der Waals surface area (Å²) >= 11 is 0. The lowest BCUT2D eigenvalue weighted by molar-refractivity contribution is -0.0323. The predicted octanol–water partition coefficient (Wildman–Crippen LogP) is 3.29. The molecule has 1 aliphatic carbocycles. The van der Waals surface area contributed by atoms with Crippen LogP contribution in [0.2, 0.25) is 0 Å². The molecule has 3 aliphatic rings. The summed E-state index contributed by atoms with van der Waals surface area (Å²) in [6.45, 7) is 11.3. The Morgan fingerprint density at radius 2 is 2.03 bits per heavy atom. The third kappa shape index (κ3) is 4.45. The van der Waals surface area contributed by atoms with Crippen molar-refractivity contribution in [1.29, 1.82) is 0 Å². The van der Waals surface area contributed by atoms with Crippen LogP contribution < -0.4 is 0 Å². The van der Waals surface area contributed by atoms with Gasteiger partial charge in [0, 0.05) is 25.8 Å². The van der Waals surface area contributed by atoms with Crippen LogP contribution in [0, 0.1) is 10.8 Å². The number of aliphatic hydroxyl groups is 1. The Hall–Kier alpha value is -1.79. The Labute approximate surface area is 180 Å². The van der Waals surface area contributed by atoms with E-state index in [-0.39, 0.29) is 11.3 Å². The smallest absolute Gasteiger partial charge is 0.274 e. The fourth-order valence-electron chi connectivity index (χ4n) is 5.88. The van der Waals surface area contributed by atoms with Crippen molar-refractivity contribution in [2.75, 3.05) is 32.7 Å². The zero-order valence-corrected chi connectivity index (χ0v) is 18.7. The minimum Gasteiger partial charge on any atom is -0.391 e. The quantitative estimate of drug-likeness (QED) is 0.772. The number of carbonyl (C=O) groups is 1. The van der Waals surface area contributed by atoms with E-state index in [1.807, 2.05) is 0 Å². The van der Waals surface area contributed by atoms with E-state index in [0.29, 0.717) is 24.2 Å². The molecule has 6 nitrogen and oxygen atoms in total. The van der Waals surface area contributed by atoms with Crippen molar-refractivity contribution in [2.45, 2.75) is 65.4 Å². The van der Waals surface area contributed by atoms with E-state index in [2.05, 4.69) is 35.9 Å². The average molecular weight is 413 g/mol. The Morgan fingerprint density at radius 1 is 1.27 bits per heavy atom. The van der Waals surface area contributed by atoms with E-state index in [0.717, 1.165) is 38.9 Å². The van der Waals surface area contributed by atoms with Gasteiger partial charge in [0.15, 0.2) is 5.69 Å². The van der Waals surface area contributed by atoms with Crippen molar-refractivity contribution in [2.24, 2.45) is 10.8 Å². The van der Waals surface area contributed by atoms with Crippen LogP contribution in [0.3, 0.4) is 0 Å². The number of amides is 1. The maximum atomic E-state index is 12.9. The normalized spacial score (nSPS) is 26.8. The van der Waals surface area contributed by atoms with Gasteiger partial charge in [0.25, 0.3) is 5.91 Å². The highest BCUT2D eigenvalue weighted by atomic mass is 16.3. The average Bonchev–Trinajstić information content (AvgIpc) is 2.72. The maximum Gasteiger partial charge on any atom is 0.274 e. The summed E-state index contributed by atoms with van der Waals surface area (Å²) in [6.07, 6.45) is 7.78. The molecule has 30 heavy (non-hydrogen) atoms. The monoisotopic (exact) mass is 412 g/mol. The van der Waals surface area contributed by atoms with Crippen LogP contribution in [0.4, 0.5) is 0 Å². The molecule has 1 aromatic heterocycles. The first kappa shape index (κ1) is 21.4. The molecular weight excluding hydrogens is 376 g/mol. The highest BCUT2D eigenvalue weighted by molar-refractivity contribution is 5.92. The van der Waals surface area contributed by atoms with Crippen LogP contribution in [0.5, 0.6) is 0 Å². The number of aliphatic hydroxyl groups excluding tert-OH is 1. The molecule has 3 heterocycles. The first-order chi connectivity index (χ1) is 14.3. The maximum absolute atomic E-state index is 12.9. The summed E-state index contributed by atoms with van der Waals surface area (Å²) in [5.74, 6) is -0.117. The molecule has 2 aliphatic heterocycles. The van der Waals surface area contributed by atoms with Gasteiger partial charge in [-0.25, -0.2) is 0 Å². The van der Waals surface area contributed by atoms with E-state index in [1.165, 1.54) is 19.3 Å². The SMILES string of the molecule is CC1=C(CN2CCC3(CC2)CC(O)CN(C(=O)c2cccnn2)C3)C(C)(C)CCC1. The molecule has 1 unspecified atom stereocenters. The molecule has 1 aromatic rings. The van der Waals surface area contributed by atoms with Gasteiger partial charge in [-0.2, -0.15) is 5.10 Å². The highest BCUT2D eigenvalue weighted by Gasteiger charge is 2.43. The van der Waals surface area contributed by atoms with Crippen LogP contribution in [-0.2, 0) is 0 Å². The number of aromatic nitrogens is 2. The van der Waals surface area contributed by atoms with Crippen molar-refractivity contribution in [3.05, 3.63) is 35.2 Å². The molecule has 1 N–H and O–H groups in total. The summed E-state index contributed by atoms with van der Waals surface area (Å²) in [6, 6.07) is 3.44.